The van der Waals surface area contributed by atoms with Crippen LogP contribution in [0.5, 0.6) is 0 Å². The van der Waals surface area contributed by atoms with Crippen LogP contribution in [0.25, 0.3) is 0 Å². The van der Waals surface area contributed by atoms with Crippen LogP contribution in [0.3, 0.4) is 0 Å². The molecule has 4 aliphatic rings. The third kappa shape index (κ3) is 3.46. The van der Waals surface area contributed by atoms with Crippen molar-refractivity contribution in [2.24, 2.45) is 11.3 Å². The summed E-state index contributed by atoms with van der Waals surface area (Å²) in [5.74, 6) is 0.947. The summed E-state index contributed by atoms with van der Waals surface area (Å²) in [5.41, 5.74) is 0.654. The highest BCUT2D eigenvalue weighted by Gasteiger charge is 2.50. The summed E-state index contributed by atoms with van der Waals surface area (Å²) in [7, 11) is 0. The topological polar surface area (TPSA) is 27.7 Å². The van der Waals surface area contributed by atoms with Gasteiger partial charge in [0.2, 0.25) is 0 Å². The largest absolute Gasteiger partial charge is 0.376 e. The molecule has 0 aromatic rings. The van der Waals surface area contributed by atoms with Gasteiger partial charge < -0.3 is 15.0 Å². The van der Waals surface area contributed by atoms with Crippen LogP contribution in [-0.2, 0) is 4.74 Å². The van der Waals surface area contributed by atoms with Gasteiger partial charge in [0.25, 0.3) is 0 Å². The van der Waals surface area contributed by atoms with Crippen molar-refractivity contribution in [3.05, 3.63) is 0 Å². The number of likely N-dealkylation sites (tertiary alicyclic amines) is 1. The Morgan fingerprint density at radius 1 is 1.04 bits per heavy atom. The summed E-state index contributed by atoms with van der Waals surface area (Å²) in [6.07, 6.45) is 8.99. The van der Waals surface area contributed by atoms with Crippen molar-refractivity contribution in [1.82, 2.24) is 15.1 Å². The van der Waals surface area contributed by atoms with Crippen LogP contribution in [0.4, 0.5) is 0 Å². The van der Waals surface area contributed by atoms with E-state index in [9.17, 15) is 0 Å². The molecule has 0 bridgehead atoms. The van der Waals surface area contributed by atoms with Gasteiger partial charge in [-0.15, -0.1) is 0 Å². The molecule has 1 aliphatic carbocycles. The maximum absolute atomic E-state index is 5.75. The lowest BCUT2D eigenvalue weighted by molar-refractivity contribution is -0.115. The molecule has 1 saturated carbocycles. The van der Waals surface area contributed by atoms with E-state index in [0.717, 1.165) is 31.7 Å². The predicted molar refractivity (Wildman–Crippen MR) is 93.7 cm³/mol. The lowest BCUT2D eigenvalue weighted by Gasteiger charge is -2.58. The molecule has 0 aromatic carbocycles. The summed E-state index contributed by atoms with van der Waals surface area (Å²) in [5, 5.41) is 3.49. The molecule has 0 amide bonds. The van der Waals surface area contributed by atoms with Gasteiger partial charge in [-0.1, -0.05) is 0 Å². The average molecular weight is 322 g/mol. The molecule has 1 spiro atoms. The van der Waals surface area contributed by atoms with Crippen LogP contribution in [0.15, 0.2) is 0 Å². The molecule has 1 N–H and O–H groups in total. The van der Waals surface area contributed by atoms with Gasteiger partial charge in [0.05, 0.1) is 12.7 Å². The summed E-state index contributed by atoms with van der Waals surface area (Å²) in [6.45, 7) is 12.0. The van der Waals surface area contributed by atoms with Crippen molar-refractivity contribution in [1.29, 1.82) is 0 Å². The number of nitrogens with zero attached hydrogens (tertiary/aromatic N) is 2. The minimum absolute atomic E-state index is 0.432. The highest BCUT2D eigenvalue weighted by molar-refractivity contribution is 5.04. The van der Waals surface area contributed by atoms with Crippen LogP contribution in [0.2, 0.25) is 0 Å². The number of hydrogen-bond acceptors (Lipinski definition) is 4. The van der Waals surface area contributed by atoms with Crippen molar-refractivity contribution in [2.45, 2.75) is 57.6 Å². The van der Waals surface area contributed by atoms with E-state index in [4.69, 9.17) is 4.74 Å². The lowest BCUT2D eigenvalue weighted by atomic mass is 9.58. The van der Waals surface area contributed by atoms with Crippen LogP contribution >= 0.6 is 0 Å². The van der Waals surface area contributed by atoms with Gasteiger partial charge in [-0.05, 0) is 83.0 Å². The molecule has 4 heteroatoms. The van der Waals surface area contributed by atoms with Crippen LogP contribution in [0.1, 0.15) is 45.4 Å². The van der Waals surface area contributed by atoms with Crippen LogP contribution in [-0.4, -0.2) is 74.4 Å². The van der Waals surface area contributed by atoms with E-state index in [-0.39, 0.29) is 0 Å². The van der Waals surface area contributed by atoms with E-state index in [1.807, 2.05) is 0 Å². The molecule has 0 aromatic heterocycles. The minimum atomic E-state index is 0.432. The molecule has 4 nitrogen and oxygen atoms in total. The quantitative estimate of drug-likeness (QED) is 0.860. The fraction of sp³-hybridized carbons (Fsp3) is 1.00. The van der Waals surface area contributed by atoms with Crippen LogP contribution in [0, 0.1) is 11.3 Å². The normalized spacial score (nSPS) is 36.9. The second-order valence-corrected chi connectivity index (χ2v) is 8.59. The van der Waals surface area contributed by atoms with E-state index in [1.165, 1.54) is 71.2 Å². The van der Waals surface area contributed by atoms with Gasteiger partial charge in [0.1, 0.15) is 0 Å². The summed E-state index contributed by atoms with van der Waals surface area (Å²) >= 11 is 0. The minimum Gasteiger partial charge on any atom is -0.376 e. The van der Waals surface area contributed by atoms with Gasteiger partial charge in [-0.3, -0.25) is 4.90 Å². The van der Waals surface area contributed by atoms with Crippen molar-refractivity contribution >= 4 is 0 Å². The Kier molecular flexibility index (Phi) is 4.96. The highest BCUT2D eigenvalue weighted by atomic mass is 16.5. The Morgan fingerprint density at radius 2 is 1.83 bits per heavy atom. The zero-order valence-corrected chi connectivity index (χ0v) is 14.9. The van der Waals surface area contributed by atoms with Gasteiger partial charge in [0, 0.05) is 25.7 Å². The maximum Gasteiger partial charge on any atom is 0.0674 e. The number of piperidine rings is 2. The van der Waals surface area contributed by atoms with Gasteiger partial charge in [-0.25, -0.2) is 0 Å². The monoisotopic (exact) mass is 321 g/mol. The molecule has 3 saturated heterocycles. The SMILES string of the molecule is CC1CN(C2CCC23CCN(CC2CCNCC2)CC3)CCO1. The predicted octanol–water partition coefficient (Wildman–Crippen LogP) is 1.95. The summed E-state index contributed by atoms with van der Waals surface area (Å²) in [4.78, 5) is 5.54. The molecule has 4 rings (SSSR count). The Morgan fingerprint density at radius 3 is 2.48 bits per heavy atom. The molecular weight excluding hydrogens is 286 g/mol. The van der Waals surface area contributed by atoms with Crippen LogP contribution < -0.4 is 5.32 Å². The van der Waals surface area contributed by atoms with E-state index >= 15 is 0 Å². The first kappa shape index (κ1) is 16.3. The third-order valence-electron chi connectivity index (χ3n) is 7.16. The Labute approximate surface area is 141 Å². The van der Waals surface area contributed by atoms with Gasteiger partial charge in [0.15, 0.2) is 0 Å². The molecule has 23 heavy (non-hydrogen) atoms. The molecular formula is C19H35N3O. The Bertz CT molecular complexity index is 388. The fourth-order valence-electron chi connectivity index (χ4n) is 5.57. The van der Waals surface area contributed by atoms with E-state index in [0.29, 0.717) is 11.5 Å². The first-order valence-electron chi connectivity index (χ1n) is 10.0. The molecule has 4 fully saturated rings. The van der Waals surface area contributed by atoms with Crippen molar-refractivity contribution in [3.63, 3.8) is 0 Å². The average Bonchev–Trinajstić information content (AvgIpc) is 2.56. The fourth-order valence-corrected chi connectivity index (χ4v) is 5.57. The Hall–Kier alpha value is -0.160. The van der Waals surface area contributed by atoms with E-state index < -0.39 is 0 Å². The second kappa shape index (κ2) is 6.99. The number of nitrogens with one attached hydrogen (secondary N) is 1. The van der Waals surface area contributed by atoms with E-state index in [2.05, 4.69) is 22.0 Å². The second-order valence-electron chi connectivity index (χ2n) is 8.59. The highest BCUT2D eigenvalue weighted by Crippen LogP contribution is 2.51. The zero-order valence-electron chi connectivity index (χ0n) is 14.9. The third-order valence-corrected chi connectivity index (χ3v) is 7.16. The first-order chi connectivity index (χ1) is 11.3. The van der Waals surface area contributed by atoms with Crippen molar-refractivity contribution in [2.75, 3.05) is 52.4 Å². The molecule has 3 heterocycles. The number of morpholine rings is 1. The van der Waals surface area contributed by atoms with Crippen molar-refractivity contribution in [3.8, 4) is 0 Å². The molecule has 132 valence electrons. The number of ether oxygens (including phenoxy) is 1. The zero-order chi connectivity index (χ0) is 15.7. The summed E-state index contributed by atoms with van der Waals surface area (Å²) < 4.78 is 5.75. The maximum atomic E-state index is 5.75. The Balaban J connectivity index is 1.28. The molecule has 0 radical (unpaired) electrons. The van der Waals surface area contributed by atoms with Crippen molar-refractivity contribution < 1.29 is 4.74 Å². The number of hydrogen-bond donors (Lipinski definition) is 1. The molecule has 2 atom stereocenters. The summed E-state index contributed by atoms with van der Waals surface area (Å²) in [6, 6.07) is 0.856. The van der Waals surface area contributed by atoms with Gasteiger partial charge in [-0.2, -0.15) is 0 Å². The standard InChI is InChI=1S/C19H35N3O/c1-16-14-22(12-13-23-16)18-2-5-19(18)6-10-21(11-7-19)15-17-3-8-20-9-4-17/h16-18,20H,2-15H2,1H3. The smallest absolute Gasteiger partial charge is 0.0674 e. The number of rotatable bonds is 3. The lowest BCUT2D eigenvalue weighted by Crippen LogP contribution is -2.62. The molecule has 2 unspecified atom stereocenters. The first-order valence-corrected chi connectivity index (χ1v) is 10.0. The van der Waals surface area contributed by atoms with Gasteiger partial charge >= 0.3 is 0 Å². The van der Waals surface area contributed by atoms with E-state index in [1.54, 1.807) is 0 Å². The molecule has 3 aliphatic heterocycles.